The van der Waals surface area contributed by atoms with E-state index < -0.39 is 0 Å². The molecule has 10 nitrogen and oxygen atoms in total. The number of carbonyl (C=O) groups is 1. The molecule has 3 fully saturated rings. The van der Waals surface area contributed by atoms with E-state index in [-0.39, 0.29) is 18.1 Å². The molecule has 184 valence electrons. The third-order valence-electron chi connectivity index (χ3n) is 7.12. The topological polar surface area (TPSA) is 117 Å². The van der Waals surface area contributed by atoms with Gasteiger partial charge in [-0.3, -0.25) is 9.89 Å². The second kappa shape index (κ2) is 9.77. The van der Waals surface area contributed by atoms with E-state index in [2.05, 4.69) is 25.7 Å². The SMILES string of the molecule is CCC(=O)N1C2CCCC1CC(Nc1nc(Nc3cc(C)[nH]n3)c(C)c(O[C@@H]3CCOC3)n1)C2. The van der Waals surface area contributed by atoms with Crippen LogP contribution >= 0.6 is 0 Å². The number of carbonyl (C=O) groups excluding carboxylic acids is 1. The molecule has 0 radical (unpaired) electrons. The first-order valence-corrected chi connectivity index (χ1v) is 12.5. The number of nitrogens with zero attached hydrogens (tertiary/aromatic N) is 4. The Balaban J connectivity index is 1.38. The molecule has 0 spiro atoms. The summed E-state index contributed by atoms with van der Waals surface area (Å²) < 4.78 is 11.7. The fourth-order valence-electron chi connectivity index (χ4n) is 5.44. The first-order valence-electron chi connectivity index (χ1n) is 12.5. The minimum absolute atomic E-state index is 0.00965. The van der Waals surface area contributed by atoms with Gasteiger partial charge in [-0.2, -0.15) is 15.1 Å². The molecule has 3 atom stereocenters. The van der Waals surface area contributed by atoms with E-state index in [9.17, 15) is 4.79 Å². The Morgan fingerprint density at radius 3 is 2.68 bits per heavy atom. The van der Waals surface area contributed by atoms with E-state index in [0.29, 0.717) is 55.2 Å². The van der Waals surface area contributed by atoms with Gasteiger partial charge < -0.3 is 25.0 Å². The zero-order chi connectivity index (χ0) is 23.7. The van der Waals surface area contributed by atoms with Gasteiger partial charge in [0.1, 0.15) is 11.9 Å². The number of anilines is 3. The van der Waals surface area contributed by atoms with Crippen LogP contribution in [-0.2, 0) is 9.53 Å². The summed E-state index contributed by atoms with van der Waals surface area (Å²) in [4.78, 5) is 24.2. The molecule has 1 amide bonds. The first-order chi connectivity index (χ1) is 16.5. The highest BCUT2D eigenvalue weighted by atomic mass is 16.5. The molecule has 2 aromatic rings. The van der Waals surface area contributed by atoms with Crippen LogP contribution in [0.25, 0.3) is 0 Å². The second-order valence-electron chi connectivity index (χ2n) is 9.70. The fourth-order valence-corrected chi connectivity index (χ4v) is 5.44. The molecule has 34 heavy (non-hydrogen) atoms. The van der Waals surface area contributed by atoms with Crippen molar-refractivity contribution in [3.05, 3.63) is 17.3 Å². The summed E-state index contributed by atoms with van der Waals surface area (Å²) in [6.07, 6.45) is 6.55. The maximum absolute atomic E-state index is 12.5. The van der Waals surface area contributed by atoms with Gasteiger partial charge in [0.2, 0.25) is 17.7 Å². The Hall–Kier alpha value is -2.88. The molecule has 2 aromatic heterocycles. The smallest absolute Gasteiger partial charge is 0.228 e. The molecule has 3 aliphatic heterocycles. The molecule has 3 aliphatic rings. The van der Waals surface area contributed by atoms with Gasteiger partial charge in [-0.1, -0.05) is 6.92 Å². The summed E-state index contributed by atoms with van der Waals surface area (Å²) in [5.41, 5.74) is 1.80. The number of nitrogens with one attached hydrogen (secondary N) is 3. The van der Waals surface area contributed by atoms with Crippen LogP contribution in [0, 0.1) is 13.8 Å². The maximum atomic E-state index is 12.5. The molecule has 0 aromatic carbocycles. The minimum Gasteiger partial charge on any atom is -0.471 e. The number of aryl methyl sites for hydroxylation is 1. The minimum atomic E-state index is -0.00965. The van der Waals surface area contributed by atoms with E-state index in [1.165, 1.54) is 6.42 Å². The van der Waals surface area contributed by atoms with Crippen molar-refractivity contribution in [3.63, 3.8) is 0 Å². The second-order valence-corrected chi connectivity index (χ2v) is 9.70. The van der Waals surface area contributed by atoms with Crippen molar-refractivity contribution in [1.29, 1.82) is 0 Å². The predicted octanol–water partition coefficient (Wildman–Crippen LogP) is 3.46. The zero-order valence-corrected chi connectivity index (χ0v) is 20.3. The highest BCUT2D eigenvalue weighted by Gasteiger charge is 2.40. The number of fused-ring (bicyclic) bond motifs is 2. The van der Waals surface area contributed by atoms with E-state index in [0.717, 1.165) is 43.4 Å². The number of piperidine rings is 2. The Morgan fingerprint density at radius 1 is 1.24 bits per heavy atom. The molecule has 3 saturated heterocycles. The van der Waals surface area contributed by atoms with Crippen molar-refractivity contribution in [2.24, 2.45) is 0 Å². The molecule has 0 saturated carbocycles. The monoisotopic (exact) mass is 469 g/mol. The molecule has 2 bridgehead atoms. The summed E-state index contributed by atoms with van der Waals surface area (Å²) in [7, 11) is 0. The molecular weight excluding hydrogens is 434 g/mol. The Kier molecular flexibility index (Phi) is 6.58. The number of hydrogen-bond donors (Lipinski definition) is 3. The van der Waals surface area contributed by atoms with Crippen molar-refractivity contribution in [2.45, 2.75) is 89.9 Å². The lowest BCUT2D eigenvalue weighted by atomic mass is 9.81. The van der Waals surface area contributed by atoms with Gasteiger partial charge in [-0.05, 0) is 46.0 Å². The average molecular weight is 470 g/mol. The quantitative estimate of drug-likeness (QED) is 0.564. The van der Waals surface area contributed by atoms with Gasteiger partial charge in [0.25, 0.3) is 0 Å². The third kappa shape index (κ3) is 4.82. The number of amides is 1. The summed E-state index contributed by atoms with van der Waals surface area (Å²) in [6, 6.07) is 2.72. The summed E-state index contributed by atoms with van der Waals surface area (Å²) in [6.45, 7) is 7.14. The van der Waals surface area contributed by atoms with Crippen molar-refractivity contribution in [3.8, 4) is 5.88 Å². The van der Waals surface area contributed by atoms with E-state index in [4.69, 9.17) is 19.4 Å². The van der Waals surface area contributed by atoms with Crippen LogP contribution in [0.3, 0.4) is 0 Å². The Labute approximate surface area is 200 Å². The lowest BCUT2D eigenvalue weighted by Gasteiger charge is -2.49. The van der Waals surface area contributed by atoms with Gasteiger partial charge in [-0.15, -0.1) is 0 Å². The van der Waals surface area contributed by atoms with Gasteiger partial charge in [0.15, 0.2) is 5.82 Å². The fraction of sp³-hybridized carbons (Fsp3) is 0.667. The van der Waals surface area contributed by atoms with E-state index in [1.807, 2.05) is 26.8 Å². The van der Waals surface area contributed by atoms with Crippen molar-refractivity contribution < 1.29 is 14.3 Å². The van der Waals surface area contributed by atoms with Crippen LogP contribution in [0.15, 0.2) is 6.07 Å². The van der Waals surface area contributed by atoms with Crippen LogP contribution in [0.5, 0.6) is 5.88 Å². The van der Waals surface area contributed by atoms with Crippen molar-refractivity contribution in [1.82, 2.24) is 25.1 Å². The summed E-state index contributed by atoms with van der Waals surface area (Å²) >= 11 is 0. The molecule has 0 aliphatic carbocycles. The number of ether oxygens (including phenoxy) is 2. The lowest BCUT2D eigenvalue weighted by Crippen LogP contribution is -2.57. The van der Waals surface area contributed by atoms with Crippen LogP contribution in [-0.4, -0.2) is 68.4 Å². The third-order valence-corrected chi connectivity index (χ3v) is 7.12. The average Bonchev–Trinajstić information content (AvgIpc) is 3.47. The Bertz CT molecular complexity index is 1010. The molecule has 5 heterocycles. The number of rotatable bonds is 7. The highest BCUT2D eigenvalue weighted by molar-refractivity contribution is 5.77. The number of aromatic amines is 1. The van der Waals surface area contributed by atoms with Gasteiger partial charge in [0.05, 0.1) is 18.8 Å². The molecule has 2 unspecified atom stereocenters. The van der Waals surface area contributed by atoms with Crippen LogP contribution in [0.4, 0.5) is 17.6 Å². The van der Waals surface area contributed by atoms with Crippen molar-refractivity contribution >= 4 is 23.5 Å². The number of aromatic nitrogens is 4. The highest BCUT2D eigenvalue weighted by Crippen LogP contribution is 2.36. The van der Waals surface area contributed by atoms with E-state index in [1.54, 1.807) is 0 Å². The molecule has 10 heteroatoms. The molecular formula is C24H35N7O3. The summed E-state index contributed by atoms with van der Waals surface area (Å²) in [5.74, 6) is 2.72. The van der Waals surface area contributed by atoms with Gasteiger partial charge in [0, 0.05) is 42.7 Å². The standard InChI is InChI=1S/C24H35N7O3/c1-4-21(32)31-17-6-5-7-18(31)12-16(11-17)25-24-27-22(26-20-10-14(2)29-30-20)15(3)23(28-24)34-19-8-9-33-13-19/h10,16-19H,4-9,11-13H2,1-3H3,(H3,25,26,27,28,29,30)/t16?,17?,18?,19-/m1/s1. The van der Waals surface area contributed by atoms with Crippen LogP contribution < -0.4 is 15.4 Å². The van der Waals surface area contributed by atoms with Gasteiger partial charge >= 0.3 is 0 Å². The number of hydrogen-bond acceptors (Lipinski definition) is 8. The Morgan fingerprint density at radius 2 is 2.03 bits per heavy atom. The predicted molar refractivity (Wildman–Crippen MR) is 128 cm³/mol. The van der Waals surface area contributed by atoms with Gasteiger partial charge in [-0.25, -0.2) is 0 Å². The largest absolute Gasteiger partial charge is 0.471 e. The maximum Gasteiger partial charge on any atom is 0.228 e. The van der Waals surface area contributed by atoms with Crippen molar-refractivity contribution in [2.75, 3.05) is 23.8 Å². The lowest BCUT2D eigenvalue weighted by molar-refractivity contribution is -0.140. The number of H-pyrrole nitrogens is 1. The normalized spacial score (nSPS) is 26.4. The molecule has 5 rings (SSSR count). The first kappa shape index (κ1) is 22.9. The molecule has 3 N–H and O–H groups in total. The van der Waals surface area contributed by atoms with Crippen LogP contribution in [0.2, 0.25) is 0 Å². The van der Waals surface area contributed by atoms with E-state index >= 15 is 0 Å². The zero-order valence-electron chi connectivity index (χ0n) is 20.3. The summed E-state index contributed by atoms with van der Waals surface area (Å²) in [5, 5.41) is 14.1. The van der Waals surface area contributed by atoms with Crippen LogP contribution in [0.1, 0.15) is 63.1 Å².